The molecule has 0 radical (unpaired) electrons. The van der Waals surface area contributed by atoms with Gasteiger partial charge in [-0.15, -0.1) is 0 Å². The second-order valence-corrected chi connectivity index (χ2v) is 7.42. The predicted octanol–water partition coefficient (Wildman–Crippen LogP) is 3.09. The van der Waals surface area contributed by atoms with Gasteiger partial charge in [0, 0.05) is 69.1 Å². The van der Waals surface area contributed by atoms with E-state index in [0.29, 0.717) is 18.8 Å². The highest BCUT2D eigenvalue weighted by Gasteiger charge is 2.22. The summed E-state index contributed by atoms with van der Waals surface area (Å²) in [7, 11) is 0. The van der Waals surface area contributed by atoms with Gasteiger partial charge in [-0.3, -0.25) is 19.9 Å². The van der Waals surface area contributed by atoms with Crippen molar-refractivity contribution in [2.45, 2.75) is 19.9 Å². The van der Waals surface area contributed by atoms with Crippen molar-refractivity contribution in [3.63, 3.8) is 0 Å². The third-order valence-electron chi connectivity index (χ3n) is 5.09. The molecular formula is C23H25N5O2. The SMILES string of the molecule is Cc1cccc(Cc2ccc(OC(=O)N3CCN(Cc4cnccn4)CC3)cc2)n1. The molecule has 154 valence electrons. The number of benzene rings is 1. The van der Waals surface area contributed by atoms with Crippen LogP contribution in [0.5, 0.6) is 5.75 Å². The van der Waals surface area contributed by atoms with Crippen LogP contribution in [-0.4, -0.2) is 57.0 Å². The van der Waals surface area contributed by atoms with E-state index in [-0.39, 0.29) is 6.09 Å². The molecule has 4 rings (SSSR count). The van der Waals surface area contributed by atoms with E-state index in [2.05, 4.69) is 19.9 Å². The molecule has 0 spiro atoms. The monoisotopic (exact) mass is 403 g/mol. The van der Waals surface area contributed by atoms with Gasteiger partial charge in [-0.2, -0.15) is 0 Å². The summed E-state index contributed by atoms with van der Waals surface area (Å²) in [4.78, 5) is 29.4. The van der Waals surface area contributed by atoms with Crippen molar-refractivity contribution >= 4 is 6.09 Å². The molecule has 1 amide bonds. The van der Waals surface area contributed by atoms with E-state index in [9.17, 15) is 4.79 Å². The summed E-state index contributed by atoms with van der Waals surface area (Å²) in [6.07, 6.45) is 5.60. The molecule has 1 aliphatic heterocycles. The fourth-order valence-electron chi connectivity index (χ4n) is 3.48. The summed E-state index contributed by atoms with van der Waals surface area (Å²) in [5.41, 5.74) is 4.11. The topological polar surface area (TPSA) is 71.5 Å². The first kappa shape index (κ1) is 20.0. The van der Waals surface area contributed by atoms with Gasteiger partial charge in [-0.05, 0) is 36.8 Å². The van der Waals surface area contributed by atoms with Gasteiger partial charge in [0.25, 0.3) is 0 Å². The Bertz CT molecular complexity index is 970. The number of piperazine rings is 1. The molecule has 1 aromatic carbocycles. The molecule has 0 N–H and O–H groups in total. The van der Waals surface area contributed by atoms with Crippen LogP contribution >= 0.6 is 0 Å². The number of rotatable bonds is 5. The van der Waals surface area contributed by atoms with E-state index in [1.165, 1.54) is 0 Å². The maximum atomic E-state index is 12.5. The lowest BCUT2D eigenvalue weighted by atomic mass is 10.1. The molecule has 0 saturated carbocycles. The Balaban J connectivity index is 1.26. The van der Waals surface area contributed by atoms with Crippen LogP contribution < -0.4 is 4.74 Å². The Morgan fingerprint density at radius 2 is 1.80 bits per heavy atom. The number of ether oxygens (including phenoxy) is 1. The minimum absolute atomic E-state index is 0.303. The third-order valence-corrected chi connectivity index (χ3v) is 5.09. The highest BCUT2D eigenvalue weighted by Crippen LogP contribution is 2.16. The van der Waals surface area contributed by atoms with Crippen molar-refractivity contribution in [3.8, 4) is 5.75 Å². The molecule has 1 saturated heterocycles. The fraction of sp³-hybridized carbons (Fsp3) is 0.304. The average Bonchev–Trinajstić information content (AvgIpc) is 2.76. The number of pyridine rings is 1. The molecule has 0 unspecified atom stereocenters. The molecule has 3 heterocycles. The second-order valence-electron chi connectivity index (χ2n) is 7.42. The van der Waals surface area contributed by atoms with Gasteiger partial charge in [0.15, 0.2) is 0 Å². The minimum Gasteiger partial charge on any atom is -0.410 e. The maximum Gasteiger partial charge on any atom is 0.415 e. The Kier molecular flexibility index (Phi) is 6.29. The van der Waals surface area contributed by atoms with Gasteiger partial charge >= 0.3 is 6.09 Å². The van der Waals surface area contributed by atoms with Gasteiger partial charge in [0.05, 0.1) is 5.69 Å². The molecule has 3 aromatic rings. The van der Waals surface area contributed by atoms with Crippen LogP contribution in [0.15, 0.2) is 61.1 Å². The first-order chi connectivity index (χ1) is 14.7. The van der Waals surface area contributed by atoms with E-state index in [0.717, 1.165) is 48.7 Å². The quantitative estimate of drug-likeness (QED) is 0.652. The van der Waals surface area contributed by atoms with E-state index >= 15 is 0 Å². The summed E-state index contributed by atoms with van der Waals surface area (Å²) in [5, 5.41) is 0. The molecule has 0 aliphatic carbocycles. The van der Waals surface area contributed by atoms with Crippen LogP contribution in [-0.2, 0) is 13.0 Å². The van der Waals surface area contributed by atoms with Crippen molar-refractivity contribution in [2.75, 3.05) is 26.2 Å². The Labute approximate surface area is 176 Å². The molecular weight excluding hydrogens is 378 g/mol. The summed E-state index contributed by atoms with van der Waals surface area (Å²) in [6.45, 7) is 5.57. The van der Waals surface area contributed by atoms with Crippen molar-refractivity contribution in [3.05, 3.63) is 83.7 Å². The predicted molar refractivity (Wildman–Crippen MR) is 113 cm³/mol. The number of aryl methyl sites for hydroxylation is 1. The molecule has 1 aliphatic rings. The van der Waals surface area contributed by atoms with Crippen LogP contribution in [0.25, 0.3) is 0 Å². The Morgan fingerprint density at radius 1 is 1.00 bits per heavy atom. The van der Waals surface area contributed by atoms with Gasteiger partial charge in [-0.25, -0.2) is 4.79 Å². The number of nitrogens with zero attached hydrogens (tertiary/aromatic N) is 5. The van der Waals surface area contributed by atoms with Gasteiger partial charge in [-0.1, -0.05) is 18.2 Å². The largest absolute Gasteiger partial charge is 0.415 e. The lowest BCUT2D eigenvalue weighted by Gasteiger charge is -2.33. The molecule has 7 heteroatoms. The summed E-state index contributed by atoms with van der Waals surface area (Å²) >= 11 is 0. The fourth-order valence-corrected chi connectivity index (χ4v) is 3.48. The number of carbonyl (C=O) groups excluding carboxylic acids is 1. The highest BCUT2D eigenvalue weighted by molar-refractivity contribution is 5.70. The van der Waals surface area contributed by atoms with Crippen molar-refractivity contribution in [1.82, 2.24) is 24.8 Å². The maximum absolute atomic E-state index is 12.5. The molecule has 7 nitrogen and oxygen atoms in total. The lowest BCUT2D eigenvalue weighted by Crippen LogP contribution is -2.49. The van der Waals surface area contributed by atoms with Crippen LogP contribution in [0.2, 0.25) is 0 Å². The zero-order chi connectivity index (χ0) is 20.8. The van der Waals surface area contributed by atoms with Crippen LogP contribution in [0.3, 0.4) is 0 Å². The van der Waals surface area contributed by atoms with Crippen LogP contribution in [0.4, 0.5) is 4.79 Å². The van der Waals surface area contributed by atoms with E-state index in [1.54, 1.807) is 23.5 Å². The normalized spacial score (nSPS) is 14.5. The van der Waals surface area contributed by atoms with Gasteiger partial charge < -0.3 is 9.64 Å². The molecule has 1 fully saturated rings. The average molecular weight is 403 g/mol. The number of amides is 1. The van der Waals surface area contributed by atoms with E-state index < -0.39 is 0 Å². The van der Waals surface area contributed by atoms with Gasteiger partial charge in [0.1, 0.15) is 5.75 Å². The first-order valence-electron chi connectivity index (χ1n) is 10.1. The van der Waals surface area contributed by atoms with Crippen molar-refractivity contribution in [1.29, 1.82) is 0 Å². The number of carbonyl (C=O) groups is 1. The zero-order valence-corrected chi connectivity index (χ0v) is 17.1. The smallest absolute Gasteiger partial charge is 0.410 e. The molecule has 0 bridgehead atoms. The van der Waals surface area contributed by atoms with E-state index in [1.807, 2.05) is 49.4 Å². The summed E-state index contributed by atoms with van der Waals surface area (Å²) in [6, 6.07) is 13.7. The third kappa shape index (κ3) is 5.39. The molecule has 0 atom stereocenters. The van der Waals surface area contributed by atoms with Gasteiger partial charge in [0.2, 0.25) is 0 Å². The minimum atomic E-state index is -0.303. The number of hydrogen-bond acceptors (Lipinski definition) is 6. The number of hydrogen-bond donors (Lipinski definition) is 0. The molecule has 30 heavy (non-hydrogen) atoms. The molecule has 2 aromatic heterocycles. The van der Waals surface area contributed by atoms with Crippen LogP contribution in [0, 0.1) is 6.92 Å². The highest BCUT2D eigenvalue weighted by atomic mass is 16.6. The van der Waals surface area contributed by atoms with Crippen molar-refractivity contribution in [2.24, 2.45) is 0 Å². The zero-order valence-electron chi connectivity index (χ0n) is 17.1. The Morgan fingerprint density at radius 3 is 2.50 bits per heavy atom. The van der Waals surface area contributed by atoms with Crippen molar-refractivity contribution < 1.29 is 9.53 Å². The standard InChI is InChI=1S/C23H25N5O2/c1-18-3-2-4-20(26-18)15-19-5-7-22(8-6-19)30-23(29)28-13-11-27(12-14-28)17-21-16-24-9-10-25-21/h2-10,16H,11-15,17H2,1H3. The summed E-state index contributed by atoms with van der Waals surface area (Å²) in [5.74, 6) is 0.558. The lowest BCUT2D eigenvalue weighted by molar-refractivity contribution is 0.107. The summed E-state index contributed by atoms with van der Waals surface area (Å²) < 4.78 is 5.56. The Hall–Kier alpha value is -3.32. The van der Waals surface area contributed by atoms with Crippen LogP contribution in [0.1, 0.15) is 22.6 Å². The van der Waals surface area contributed by atoms with E-state index in [4.69, 9.17) is 4.74 Å². The second kappa shape index (κ2) is 9.45. The first-order valence-corrected chi connectivity index (χ1v) is 10.1. The number of aromatic nitrogens is 3.